The monoisotopic (exact) mass is 217 g/mol. The molecule has 2 rings (SSSR count). The number of anilines is 1. The molecule has 0 spiro atoms. The van der Waals surface area contributed by atoms with Crippen LogP contribution in [0.2, 0.25) is 0 Å². The van der Waals surface area contributed by atoms with Gasteiger partial charge in [-0.25, -0.2) is 4.39 Å². The smallest absolute Gasteiger partial charge is 0.169 e. The number of nitrogens with zero attached hydrogens (tertiary/aromatic N) is 2. The van der Waals surface area contributed by atoms with E-state index in [4.69, 9.17) is 5.73 Å². The molecule has 1 aromatic heterocycles. The lowest BCUT2D eigenvalue weighted by Gasteiger charge is -2.13. The van der Waals surface area contributed by atoms with Gasteiger partial charge >= 0.3 is 0 Å². The molecule has 2 N–H and O–H groups in total. The minimum absolute atomic E-state index is 0. The molecular formula is C9H13ClFN3. The molecule has 0 aromatic carbocycles. The van der Waals surface area contributed by atoms with Crippen molar-refractivity contribution in [1.29, 1.82) is 0 Å². The maximum Gasteiger partial charge on any atom is 0.169 e. The highest BCUT2D eigenvalue weighted by molar-refractivity contribution is 5.85. The number of hydrogen-bond donors (Lipinski definition) is 1. The first-order chi connectivity index (χ1) is 6.24. The van der Waals surface area contributed by atoms with Crippen LogP contribution >= 0.6 is 12.4 Å². The van der Waals surface area contributed by atoms with Crippen molar-refractivity contribution in [1.82, 2.24) is 4.98 Å². The molecule has 78 valence electrons. The van der Waals surface area contributed by atoms with Crippen LogP contribution in [0.4, 0.5) is 10.1 Å². The van der Waals surface area contributed by atoms with Crippen LogP contribution in [0.3, 0.4) is 0 Å². The van der Waals surface area contributed by atoms with Gasteiger partial charge in [0.25, 0.3) is 0 Å². The van der Waals surface area contributed by atoms with Crippen LogP contribution in [0.25, 0.3) is 0 Å². The van der Waals surface area contributed by atoms with E-state index in [-0.39, 0.29) is 24.8 Å². The molecule has 0 amide bonds. The van der Waals surface area contributed by atoms with Gasteiger partial charge in [-0.3, -0.25) is 4.98 Å². The largest absolute Gasteiger partial charge is 0.372 e. The second-order valence-electron chi connectivity index (χ2n) is 3.27. The maximum atomic E-state index is 13.6. The van der Waals surface area contributed by atoms with Crippen LogP contribution in [0.1, 0.15) is 11.3 Å². The van der Waals surface area contributed by atoms with Crippen molar-refractivity contribution in [3.63, 3.8) is 0 Å². The molecule has 0 atom stereocenters. The molecule has 0 aliphatic carbocycles. The SMILES string of the molecule is CN1CCc2cnc(CN)c(F)c21.Cl. The van der Waals surface area contributed by atoms with Gasteiger partial charge in [-0.2, -0.15) is 0 Å². The summed E-state index contributed by atoms with van der Waals surface area (Å²) in [5.74, 6) is -0.250. The molecular weight excluding hydrogens is 205 g/mol. The summed E-state index contributed by atoms with van der Waals surface area (Å²) in [5, 5.41) is 0. The van der Waals surface area contributed by atoms with Crippen molar-refractivity contribution >= 4 is 18.1 Å². The molecule has 5 heteroatoms. The molecule has 2 heterocycles. The first kappa shape index (κ1) is 11.2. The van der Waals surface area contributed by atoms with Gasteiger partial charge in [0.2, 0.25) is 0 Å². The standard InChI is InChI=1S/C9H12FN3.ClH/c1-13-3-2-6-5-12-7(4-11)8(10)9(6)13;/h5H,2-4,11H2,1H3;1H. The predicted octanol–water partition coefficient (Wildman–Crippen LogP) is 1.09. The minimum atomic E-state index is -0.250. The molecule has 0 bridgehead atoms. The Balaban J connectivity index is 0.000000980. The Morgan fingerprint density at radius 1 is 1.64 bits per heavy atom. The third-order valence-corrected chi connectivity index (χ3v) is 2.43. The van der Waals surface area contributed by atoms with E-state index in [1.807, 2.05) is 11.9 Å². The molecule has 1 aliphatic rings. The highest BCUT2D eigenvalue weighted by Crippen LogP contribution is 2.29. The Morgan fingerprint density at radius 3 is 3.00 bits per heavy atom. The lowest BCUT2D eigenvalue weighted by atomic mass is 10.2. The van der Waals surface area contributed by atoms with Crippen LogP contribution in [-0.2, 0) is 13.0 Å². The summed E-state index contributed by atoms with van der Waals surface area (Å²) in [5.41, 5.74) is 7.38. The molecule has 0 unspecified atom stereocenters. The number of hydrogen-bond acceptors (Lipinski definition) is 3. The lowest BCUT2D eigenvalue weighted by Crippen LogP contribution is -2.15. The molecule has 3 nitrogen and oxygen atoms in total. The van der Waals surface area contributed by atoms with E-state index in [9.17, 15) is 4.39 Å². The first-order valence-electron chi connectivity index (χ1n) is 4.31. The fraction of sp³-hybridized carbons (Fsp3) is 0.444. The number of rotatable bonds is 1. The van der Waals surface area contributed by atoms with Crippen molar-refractivity contribution in [2.75, 3.05) is 18.5 Å². The maximum absolute atomic E-state index is 13.6. The van der Waals surface area contributed by atoms with Gasteiger partial charge in [0, 0.05) is 26.3 Å². The van der Waals surface area contributed by atoms with Crippen LogP contribution in [-0.4, -0.2) is 18.6 Å². The number of pyridine rings is 1. The van der Waals surface area contributed by atoms with E-state index < -0.39 is 0 Å². The zero-order valence-electron chi connectivity index (χ0n) is 7.96. The van der Waals surface area contributed by atoms with Crippen molar-refractivity contribution in [2.45, 2.75) is 13.0 Å². The van der Waals surface area contributed by atoms with Gasteiger partial charge < -0.3 is 10.6 Å². The van der Waals surface area contributed by atoms with E-state index in [2.05, 4.69) is 4.98 Å². The molecule has 14 heavy (non-hydrogen) atoms. The second-order valence-corrected chi connectivity index (χ2v) is 3.27. The summed E-state index contributed by atoms with van der Waals surface area (Å²) in [7, 11) is 1.88. The Bertz CT molecular complexity index is 343. The molecule has 0 radical (unpaired) electrons. The Kier molecular flexibility index (Phi) is 3.29. The molecule has 1 aliphatic heterocycles. The van der Waals surface area contributed by atoms with Crippen LogP contribution in [0.5, 0.6) is 0 Å². The zero-order chi connectivity index (χ0) is 9.42. The summed E-state index contributed by atoms with van der Waals surface area (Å²) in [6, 6.07) is 0. The molecule has 0 saturated heterocycles. The summed E-state index contributed by atoms with van der Waals surface area (Å²) >= 11 is 0. The van der Waals surface area contributed by atoms with E-state index >= 15 is 0 Å². The Hall–Kier alpha value is -0.870. The van der Waals surface area contributed by atoms with Crippen molar-refractivity contribution in [2.24, 2.45) is 5.73 Å². The lowest BCUT2D eigenvalue weighted by molar-refractivity contribution is 0.599. The third-order valence-electron chi connectivity index (χ3n) is 2.43. The fourth-order valence-corrected chi connectivity index (χ4v) is 1.69. The Morgan fingerprint density at radius 2 is 2.36 bits per heavy atom. The van der Waals surface area contributed by atoms with Gasteiger partial charge in [0.1, 0.15) is 0 Å². The van der Waals surface area contributed by atoms with Gasteiger partial charge in [-0.1, -0.05) is 0 Å². The van der Waals surface area contributed by atoms with E-state index in [0.717, 1.165) is 18.5 Å². The number of nitrogens with two attached hydrogens (primary N) is 1. The molecule has 0 saturated carbocycles. The van der Waals surface area contributed by atoms with Gasteiger partial charge in [0.15, 0.2) is 5.82 Å². The van der Waals surface area contributed by atoms with Crippen LogP contribution in [0.15, 0.2) is 6.20 Å². The van der Waals surface area contributed by atoms with Crippen molar-refractivity contribution in [3.8, 4) is 0 Å². The van der Waals surface area contributed by atoms with Crippen molar-refractivity contribution in [3.05, 3.63) is 23.3 Å². The second kappa shape index (κ2) is 4.11. The summed E-state index contributed by atoms with van der Waals surface area (Å²) in [4.78, 5) is 5.88. The van der Waals surface area contributed by atoms with Crippen LogP contribution < -0.4 is 10.6 Å². The van der Waals surface area contributed by atoms with E-state index in [0.29, 0.717) is 11.4 Å². The summed E-state index contributed by atoms with van der Waals surface area (Å²) in [6.45, 7) is 1.02. The number of fused-ring (bicyclic) bond motifs is 1. The number of aromatic nitrogens is 1. The van der Waals surface area contributed by atoms with Gasteiger partial charge in [-0.15, -0.1) is 12.4 Å². The zero-order valence-corrected chi connectivity index (χ0v) is 8.77. The summed E-state index contributed by atoms with van der Waals surface area (Å²) in [6.07, 6.45) is 2.60. The van der Waals surface area contributed by atoms with E-state index in [1.165, 1.54) is 0 Å². The number of likely N-dealkylation sites (N-methyl/N-ethyl adjacent to an activating group) is 1. The summed E-state index contributed by atoms with van der Waals surface area (Å²) < 4.78 is 13.6. The molecule has 1 aromatic rings. The van der Waals surface area contributed by atoms with E-state index in [1.54, 1.807) is 6.20 Å². The van der Waals surface area contributed by atoms with Gasteiger partial charge in [-0.05, 0) is 12.0 Å². The van der Waals surface area contributed by atoms with Gasteiger partial charge in [0.05, 0.1) is 11.4 Å². The topological polar surface area (TPSA) is 42.2 Å². The normalized spacial score (nSPS) is 13.8. The Labute approximate surface area is 88.5 Å². The average molecular weight is 218 g/mol. The minimum Gasteiger partial charge on any atom is -0.372 e. The molecule has 0 fully saturated rings. The quantitative estimate of drug-likeness (QED) is 0.766. The highest BCUT2D eigenvalue weighted by Gasteiger charge is 2.22. The average Bonchev–Trinajstić information content (AvgIpc) is 2.49. The van der Waals surface area contributed by atoms with Crippen molar-refractivity contribution < 1.29 is 4.39 Å². The first-order valence-corrected chi connectivity index (χ1v) is 4.31. The highest BCUT2D eigenvalue weighted by atomic mass is 35.5. The predicted molar refractivity (Wildman–Crippen MR) is 56.3 cm³/mol. The number of halogens is 2. The van der Waals surface area contributed by atoms with Crippen LogP contribution in [0, 0.1) is 5.82 Å². The third kappa shape index (κ3) is 1.55. The fourth-order valence-electron chi connectivity index (χ4n) is 1.69.